The van der Waals surface area contributed by atoms with Gasteiger partial charge in [0.25, 0.3) is 0 Å². The van der Waals surface area contributed by atoms with Gasteiger partial charge >= 0.3 is 6.61 Å². The molecule has 0 bridgehead atoms. The molecule has 0 aromatic heterocycles. The summed E-state index contributed by atoms with van der Waals surface area (Å²) in [5.74, 6) is -0.480. The predicted molar refractivity (Wildman–Crippen MR) is 90.0 cm³/mol. The molecular weight excluding hydrogens is 356 g/mol. The Morgan fingerprint density at radius 2 is 1.96 bits per heavy atom. The monoisotopic (exact) mass is 375 g/mol. The lowest BCUT2D eigenvalue weighted by Gasteiger charge is -2.33. The molecule has 3 N–H and O–H groups in total. The van der Waals surface area contributed by atoms with Crippen LogP contribution in [-0.4, -0.2) is 36.6 Å². The molecule has 1 aliphatic carbocycles. The minimum absolute atomic E-state index is 0. The Morgan fingerprint density at radius 1 is 1.32 bits per heavy atom. The van der Waals surface area contributed by atoms with E-state index in [1.165, 1.54) is 17.0 Å². The van der Waals surface area contributed by atoms with Crippen LogP contribution in [-0.2, 0) is 9.59 Å². The molecule has 2 fully saturated rings. The van der Waals surface area contributed by atoms with E-state index in [0.29, 0.717) is 31.5 Å². The molecule has 0 radical (unpaired) electrons. The molecule has 1 aromatic rings. The van der Waals surface area contributed by atoms with Crippen LogP contribution >= 0.6 is 12.4 Å². The molecule has 1 atom stereocenters. The van der Waals surface area contributed by atoms with Gasteiger partial charge in [0, 0.05) is 12.2 Å². The van der Waals surface area contributed by atoms with Crippen molar-refractivity contribution in [1.29, 1.82) is 0 Å². The second-order valence-electron chi connectivity index (χ2n) is 6.19. The Kier molecular flexibility index (Phi) is 5.84. The topological polar surface area (TPSA) is 84.7 Å². The summed E-state index contributed by atoms with van der Waals surface area (Å²) < 4.78 is 28.6. The van der Waals surface area contributed by atoms with E-state index in [-0.39, 0.29) is 30.0 Å². The highest BCUT2D eigenvalue weighted by atomic mass is 35.5. The summed E-state index contributed by atoms with van der Waals surface area (Å²) in [6.07, 6.45) is 2.55. The molecule has 1 heterocycles. The number of hydrogen-bond donors (Lipinski definition) is 2. The zero-order chi connectivity index (χ0) is 17.3. The third-order valence-electron chi connectivity index (χ3n) is 4.36. The SMILES string of the molecule is Cl.NC1(C(=O)NC2CCCN(c3ccc(OC(F)F)cc3)C2=O)CC1. The highest BCUT2D eigenvalue weighted by Gasteiger charge is 2.47. The molecule has 1 unspecified atom stereocenters. The van der Waals surface area contributed by atoms with Gasteiger partial charge < -0.3 is 20.7 Å². The van der Waals surface area contributed by atoms with Crippen LogP contribution in [0, 0.1) is 0 Å². The summed E-state index contributed by atoms with van der Waals surface area (Å²) in [6, 6.07) is 5.26. The number of benzene rings is 1. The van der Waals surface area contributed by atoms with Crippen molar-refractivity contribution in [2.75, 3.05) is 11.4 Å². The number of nitrogens with two attached hydrogens (primary N) is 1. The van der Waals surface area contributed by atoms with Crippen LogP contribution in [0.2, 0.25) is 0 Å². The number of nitrogens with one attached hydrogen (secondary N) is 1. The van der Waals surface area contributed by atoms with E-state index in [9.17, 15) is 18.4 Å². The number of nitrogens with zero attached hydrogens (tertiary/aromatic N) is 1. The number of carbonyl (C=O) groups excluding carboxylic acids is 2. The zero-order valence-corrected chi connectivity index (χ0v) is 14.2. The summed E-state index contributed by atoms with van der Waals surface area (Å²) in [7, 11) is 0. The van der Waals surface area contributed by atoms with Crippen LogP contribution in [0.25, 0.3) is 0 Å². The lowest BCUT2D eigenvalue weighted by Crippen LogP contribution is -2.56. The first kappa shape index (κ1) is 19.4. The number of anilines is 1. The van der Waals surface area contributed by atoms with Crippen molar-refractivity contribution in [2.24, 2.45) is 5.73 Å². The average Bonchev–Trinajstić information content (AvgIpc) is 3.29. The second-order valence-corrected chi connectivity index (χ2v) is 6.19. The van der Waals surface area contributed by atoms with E-state index in [4.69, 9.17) is 5.73 Å². The number of piperidine rings is 1. The van der Waals surface area contributed by atoms with Crippen molar-refractivity contribution in [3.8, 4) is 5.75 Å². The van der Waals surface area contributed by atoms with E-state index >= 15 is 0 Å². The third-order valence-corrected chi connectivity index (χ3v) is 4.36. The molecule has 138 valence electrons. The van der Waals surface area contributed by atoms with Gasteiger partial charge in [-0.2, -0.15) is 8.78 Å². The van der Waals surface area contributed by atoms with Crippen molar-refractivity contribution >= 4 is 29.9 Å². The Bertz CT molecular complexity index is 638. The summed E-state index contributed by atoms with van der Waals surface area (Å²) in [5, 5.41) is 2.73. The molecule has 1 aromatic carbocycles. The van der Waals surface area contributed by atoms with Crippen LogP contribution in [0.1, 0.15) is 25.7 Å². The van der Waals surface area contributed by atoms with E-state index in [2.05, 4.69) is 10.1 Å². The molecule has 1 saturated carbocycles. The second kappa shape index (κ2) is 7.53. The molecule has 2 amide bonds. The number of hydrogen-bond acceptors (Lipinski definition) is 4. The maximum Gasteiger partial charge on any atom is 0.387 e. The van der Waals surface area contributed by atoms with Gasteiger partial charge in [0.2, 0.25) is 11.8 Å². The Labute approximate surface area is 150 Å². The van der Waals surface area contributed by atoms with E-state index < -0.39 is 18.2 Å². The number of amides is 2. The Balaban J connectivity index is 0.00000225. The first-order chi connectivity index (χ1) is 11.4. The normalized spacial score (nSPS) is 21.5. The van der Waals surface area contributed by atoms with Gasteiger partial charge in [0.05, 0.1) is 5.54 Å². The molecule has 6 nitrogen and oxygen atoms in total. The third kappa shape index (κ3) is 4.38. The molecule has 2 aliphatic rings. The van der Waals surface area contributed by atoms with Gasteiger partial charge in [-0.1, -0.05) is 0 Å². The van der Waals surface area contributed by atoms with Crippen molar-refractivity contribution < 1.29 is 23.1 Å². The van der Waals surface area contributed by atoms with E-state index in [0.717, 1.165) is 6.42 Å². The highest BCUT2D eigenvalue weighted by Crippen LogP contribution is 2.33. The maximum absolute atomic E-state index is 12.6. The number of alkyl halides is 2. The number of ether oxygens (including phenoxy) is 1. The minimum atomic E-state index is -2.89. The van der Waals surface area contributed by atoms with Crippen LogP contribution in [0.4, 0.5) is 14.5 Å². The molecule has 1 aliphatic heterocycles. The lowest BCUT2D eigenvalue weighted by molar-refractivity contribution is -0.129. The van der Waals surface area contributed by atoms with Crippen LogP contribution < -0.4 is 20.7 Å². The predicted octanol–water partition coefficient (Wildman–Crippen LogP) is 1.81. The highest BCUT2D eigenvalue weighted by molar-refractivity contribution is 6.01. The Morgan fingerprint density at radius 3 is 2.52 bits per heavy atom. The standard InChI is InChI=1S/C16H19F2N3O3.ClH/c17-15(18)24-11-5-3-10(4-6-11)21-9-1-2-12(13(21)22)20-14(23)16(19)7-8-16;/h3-6,12,15H,1-2,7-9,19H2,(H,20,23);1H. The largest absolute Gasteiger partial charge is 0.435 e. The van der Waals surface area contributed by atoms with Crippen molar-refractivity contribution in [3.05, 3.63) is 24.3 Å². The zero-order valence-electron chi connectivity index (χ0n) is 13.4. The van der Waals surface area contributed by atoms with E-state index in [1.807, 2.05) is 0 Å². The number of halogens is 3. The van der Waals surface area contributed by atoms with Crippen LogP contribution in [0.3, 0.4) is 0 Å². The van der Waals surface area contributed by atoms with Crippen LogP contribution in [0.5, 0.6) is 5.75 Å². The quantitative estimate of drug-likeness (QED) is 0.822. The number of carbonyl (C=O) groups is 2. The van der Waals surface area contributed by atoms with Crippen molar-refractivity contribution in [2.45, 2.75) is 43.9 Å². The summed E-state index contributed by atoms with van der Waals surface area (Å²) in [6.45, 7) is -2.38. The van der Waals surface area contributed by atoms with Crippen LogP contribution in [0.15, 0.2) is 24.3 Å². The number of rotatable bonds is 5. The van der Waals surface area contributed by atoms with Gasteiger partial charge in [0.1, 0.15) is 11.8 Å². The molecule has 25 heavy (non-hydrogen) atoms. The van der Waals surface area contributed by atoms with Gasteiger partial charge in [-0.15, -0.1) is 12.4 Å². The molecule has 9 heteroatoms. The van der Waals surface area contributed by atoms with E-state index in [1.54, 1.807) is 12.1 Å². The Hall–Kier alpha value is -1.93. The fraction of sp³-hybridized carbons (Fsp3) is 0.500. The fourth-order valence-electron chi connectivity index (χ4n) is 2.74. The molecule has 0 spiro atoms. The first-order valence-corrected chi connectivity index (χ1v) is 7.85. The minimum Gasteiger partial charge on any atom is -0.435 e. The van der Waals surface area contributed by atoms with Gasteiger partial charge in [-0.25, -0.2) is 0 Å². The first-order valence-electron chi connectivity index (χ1n) is 7.85. The summed E-state index contributed by atoms with van der Waals surface area (Å²) >= 11 is 0. The van der Waals surface area contributed by atoms with Gasteiger partial charge in [0.15, 0.2) is 0 Å². The smallest absolute Gasteiger partial charge is 0.387 e. The van der Waals surface area contributed by atoms with Crippen molar-refractivity contribution in [1.82, 2.24) is 5.32 Å². The molecular formula is C16H20ClF2N3O3. The molecule has 3 rings (SSSR count). The summed E-state index contributed by atoms with van der Waals surface area (Å²) in [5.41, 5.74) is 5.60. The van der Waals surface area contributed by atoms with Gasteiger partial charge in [-0.3, -0.25) is 9.59 Å². The van der Waals surface area contributed by atoms with Crippen molar-refractivity contribution in [3.63, 3.8) is 0 Å². The maximum atomic E-state index is 12.6. The molecule has 1 saturated heterocycles. The fourth-order valence-corrected chi connectivity index (χ4v) is 2.74. The summed E-state index contributed by atoms with van der Waals surface area (Å²) in [4.78, 5) is 26.2. The lowest BCUT2D eigenvalue weighted by atomic mass is 10.0. The van der Waals surface area contributed by atoms with Gasteiger partial charge in [-0.05, 0) is 49.9 Å². The average molecular weight is 376 g/mol.